The minimum absolute atomic E-state index is 0.292. The Morgan fingerprint density at radius 3 is 2.47 bits per heavy atom. The first-order valence-corrected chi connectivity index (χ1v) is 11.5. The molecule has 0 spiro atoms. The number of benzene rings is 1. The Hall–Kier alpha value is -0.850. The lowest BCUT2D eigenvalue weighted by atomic mass is 9.55. The molecule has 0 heterocycles. The van der Waals surface area contributed by atoms with E-state index in [1.807, 2.05) is 0 Å². The van der Waals surface area contributed by atoms with E-state index in [1.54, 1.807) is 26.9 Å². The van der Waals surface area contributed by atoms with Crippen LogP contribution in [0.15, 0.2) is 18.2 Å². The van der Waals surface area contributed by atoms with Crippen LogP contribution in [0.2, 0.25) is 0 Å². The third-order valence-electron chi connectivity index (χ3n) is 7.45. The van der Waals surface area contributed by atoms with Crippen molar-refractivity contribution in [1.29, 1.82) is 0 Å². The first-order chi connectivity index (χ1) is 14.6. The zero-order valence-electron chi connectivity index (χ0n) is 18.8. The van der Waals surface area contributed by atoms with Gasteiger partial charge in [-0.2, -0.15) is 0 Å². The fourth-order valence-electron chi connectivity index (χ4n) is 6.15. The van der Waals surface area contributed by atoms with Crippen molar-refractivity contribution in [2.45, 2.75) is 57.5 Å². The summed E-state index contributed by atoms with van der Waals surface area (Å²) in [4.78, 5) is 0. The molecule has 1 aromatic carbocycles. The molecule has 0 unspecified atom stereocenters. The lowest BCUT2D eigenvalue weighted by Crippen LogP contribution is -2.44. The van der Waals surface area contributed by atoms with Crippen molar-refractivity contribution in [3.8, 4) is 5.75 Å². The fourth-order valence-corrected chi connectivity index (χ4v) is 6.15. The standard InChI is InChI=1S/C22H32O4.C2H5ClO/c1-22-11-10-18-17-7-5-16(25-13-23-2)12-15(17)4-6-19(18)20(22)8-9-21(22)26-14-24-3;1-4-2-3/h5,7,12,18-21H,4,6,8-11,13-14H2,1-3H3;2H2,1H3/t18-,19-,20+,21+,22+;/m1./s1. The van der Waals surface area contributed by atoms with Crippen molar-refractivity contribution in [2.24, 2.45) is 17.3 Å². The van der Waals surface area contributed by atoms with Crippen LogP contribution in [-0.4, -0.2) is 47.1 Å². The summed E-state index contributed by atoms with van der Waals surface area (Å²) in [6.45, 7) is 3.21. The summed E-state index contributed by atoms with van der Waals surface area (Å²) in [7, 11) is 4.93. The van der Waals surface area contributed by atoms with Crippen LogP contribution in [0.25, 0.3) is 0 Å². The summed E-state index contributed by atoms with van der Waals surface area (Å²) >= 11 is 4.96. The number of halogens is 1. The highest BCUT2D eigenvalue weighted by molar-refractivity contribution is 6.17. The Labute approximate surface area is 186 Å². The predicted molar refractivity (Wildman–Crippen MR) is 118 cm³/mol. The maximum absolute atomic E-state index is 6.08. The molecular formula is C24H37ClO5. The summed E-state index contributed by atoms with van der Waals surface area (Å²) in [5.74, 6) is 3.21. The minimum atomic E-state index is 0.292. The molecule has 0 bridgehead atoms. The Morgan fingerprint density at radius 2 is 1.77 bits per heavy atom. The molecule has 5 atom stereocenters. The van der Waals surface area contributed by atoms with Crippen molar-refractivity contribution in [3.63, 3.8) is 0 Å². The molecule has 0 saturated heterocycles. The first kappa shape index (κ1) is 23.8. The van der Waals surface area contributed by atoms with Gasteiger partial charge in [-0.3, -0.25) is 0 Å². The molecule has 3 aliphatic carbocycles. The van der Waals surface area contributed by atoms with Gasteiger partial charge >= 0.3 is 0 Å². The molecule has 1 aromatic rings. The van der Waals surface area contributed by atoms with E-state index in [4.69, 9.17) is 30.5 Å². The number of methoxy groups -OCH3 is 3. The maximum atomic E-state index is 6.08. The maximum Gasteiger partial charge on any atom is 0.188 e. The number of ether oxygens (including phenoxy) is 5. The average molecular weight is 441 g/mol. The molecule has 2 fully saturated rings. The summed E-state index contributed by atoms with van der Waals surface area (Å²) in [6.07, 6.45) is 7.84. The van der Waals surface area contributed by atoms with Crippen LogP contribution in [-0.2, 0) is 25.4 Å². The van der Waals surface area contributed by atoms with Gasteiger partial charge in [0, 0.05) is 21.3 Å². The van der Waals surface area contributed by atoms with Gasteiger partial charge in [0.1, 0.15) is 18.6 Å². The fraction of sp³-hybridized carbons (Fsp3) is 0.750. The van der Waals surface area contributed by atoms with Crippen LogP contribution in [0.1, 0.15) is 56.1 Å². The molecule has 0 radical (unpaired) electrons. The summed E-state index contributed by atoms with van der Waals surface area (Å²) in [5, 5.41) is 0. The summed E-state index contributed by atoms with van der Waals surface area (Å²) in [6, 6.07) is 6.96. The lowest BCUT2D eigenvalue weighted by molar-refractivity contribution is -0.125. The second-order valence-electron chi connectivity index (χ2n) is 8.91. The molecule has 3 aliphatic rings. The van der Waals surface area contributed by atoms with Gasteiger partial charge < -0.3 is 23.7 Å². The van der Waals surface area contributed by atoms with Gasteiger partial charge in [0.2, 0.25) is 0 Å². The Kier molecular flexibility index (Phi) is 8.84. The topological polar surface area (TPSA) is 46.2 Å². The van der Waals surface area contributed by atoms with Gasteiger partial charge in [-0.05, 0) is 85.0 Å². The number of hydrogen-bond acceptors (Lipinski definition) is 5. The molecule has 5 nitrogen and oxygen atoms in total. The molecule has 0 N–H and O–H groups in total. The normalized spacial score (nSPS) is 31.8. The summed E-state index contributed by atoms with van der Waals surface area (Å²) < 4.78 is 26.2. The van der Waals surface area contributed by atoms with Gasteiger partial charge in [-0.25, -0.2) is 0 Å². The van der Waals surface area contributed by atoms with Crippen LogP contribution in [0.3, 0.4) is 0 Å². The summed E-state index contributed by atoms with van der Waals surface area (Å²) in [5.41, 5.74) is 3.36. The van der Waals surface area contributed by atoms with Crippen molar-refractivity contribution in [3.05, 3.63) is 29.3 Å². The van der Waals surface area contributed by atoms with Crippen LogP contribution < -0.4 is 4.74 Å². The molecule has 6 heteroatoms. The zero-order valence-corrected chi connectivity index (χ0v) is 19.6. The molecule has 0 aliphatic heterocycles. The smallest absolute Gasteiger partial charge is 0.188 e. The Morgan fingerprint density at radius 1 is 1.00 bits per heavy atom. The molecule has 30 heavy (non-hydrogen) atoms. The van der Waals surface area contributed by atoms with Crippen molar-refractivity contribution < 1.29 is 23.7 Å². The third-order valence-corrected chi connectivity index (χ3v) is 7.67. The highest BCUT2D eigenvalue weighted by Crippen LogP contribution is 2.61. The second-order valence-corrected chi connectivity index (χ2v) is 9.13. The number of alkyl halides is 1. The lowest BCUT2D eigenvalue weighted by Gasteiger charge is -2.50. The van der Waals surface area contributed by atoms with E-state index in [0.29, 0.717) is 37.1 Å². The van der Waals surface area contributed by atoms with E-state index < -0.39 is 0 Å². The van der Waals surface area contributed by atoms with Crippen LogP contribution >= 0.6 is 11.6 Å². The molecule has 0 amide bonds. The van der Waals surface area contributed by atoms with Gasteiger partial charge in [-0.1, -0.05) is 24.6 Å². The van der Waals surface area contributed by atoms with Crippen LogP contribution in [0.5, 0.6) is 5.75 Å². The molecular weight excluding hydrogens is 404 g/mol. The molecule has 170 valence electrons. The molecule has 2 saturated carbocycles. The van der Waals surface area contributed by atoms with Crippen molar-refractivity contribution >= 4 is 11.6 Å². The van der Waals surface area contributed by atoms with Gasteiger partial charge in [-0.15, -0.1) is 0 Å². The third kappa shape index (κ3) is 4.97. The first-order valence-electron chi connectivity index (χ1n) is 11.0. The SMILES string of the molecule is COCCl.COCOc1ccc2c(c1)CC[C@@H]1[C@@H]2CC[C@]2(C)[C@@H](OCOC)CC[C@@H]12. The predicted octanol–water partition coefficient (Wildman–Crippen LogP) is 5.34. The van der Waals surface area contributed by atoms with Crippen molar-refractivity contribution in [1.82, 2.24) is 0 Å². The quantitative estimate of drug-likeness (QED) is 0.422. The second kappa shape index (κ2) is 11.1. The number of fused-ring (bicyclic) bond motifs is 5. The van der Waals surface area contributed by atoms with Gasteiger partial charge in [0.15, 0.2) is 6.79 Å². The Balaban J connectivity index is 0.000000589. The van der Waals surface area contributed by atoms with Gasteiger partial charge in [0.05, 0.1) is 6.10 Å². The minimum Gasteiger partial charge on any atom is -0.468 e. The van der Waals surface area contributed by atoms with Gasteiger partial charge in [0.25, 0.3) is 0 Å². The highest BCUT2D eigenvalue weighted by Gasteiger charge is 2.55. The molecule has 4 rings (SSSR count). The van der Waals surface area contributed by atoms with Crippen molar-refractivity contribution in [2.75, 3.05) is 41.0 Å². The molecule has 0 aromatic heterocycles. The number of rotatable bonds is 7. The van der Waals surface area contributed by atoms with Crippen LogP contribution in [0.4, 0.5) is 0 Å². The monoisotopic (exact) mass is 440 g/mol. The van der Waals surface area contributed by atoms with E-state index in [9.17, 15) is 0 Å². The highest BCUT2D eigenvalue weighted by atomic mass is 35.5. The van der Waals surface area contributed by atoms with E-state index in [2.05, 4.69) is 29.9 Å². The van der Waals surface area contributed by atoms with E-state index >= 15 is 0 Å². The average Bonchev–Trinajstić information content (AvgIpc) is 3.12. The number of hydrogen-bond donors (Lipinski definition) is 0. The van der Waals surface area contributed by atoms with E-state index in [0.717, 1.165) is 24.0 Å². The Bertz CT molecular complexity index is 667. The largest absolute Gasteiger partial charge is 0.468 e. The van der Waals surface area contributed by atoms with E-state index in [1.165, 1.54) is 37.7 Å². The number of aryl methyl sites for hydroxylation is 1. The zero-order chi connectivity index (χ0) is 21.6. The van der Waals surface area contributed by atoms with Crippen LogP contribution in [0, 0.1) is 17.3 Å². The van der Waals surface area contributed by atoms with E-state index in [-0.39, 0.29) is 0 Å².